The highest BCUT2D eigenvalue weighted by Gasteiger charge is 2.44. The van der Waals surface area contributed by atoms with Gasteiger partial charge in [-0.1, -0.05) is 0 Å². The Morgan fingerprint density at radius 1 is 1.06 bits per heavy atom. The highest BCUT2D eigenvalue weighted by atomic mass is 16.5. The highest BCUT2D eigenvalue weighted by molar-refractivity contribution is 6.05. The monoisotopic (exact) mass is 453 g/mol. The number of carbonyl (C=O) groups excluding carboxylic acids is 3. The molecule has 3 amide bonds. The van der Waals surface area contributed by atoms with Crippen molar-refractivity contribution in [3.05, 3.63) is 29.3 Å². The number of benzene rings is 1. The van der Waals surface area contributed by atoms with Gasteiger partial charge in [0.25, 0.3) is 5.91 Å². The van der Waals surface area contributed by atoms with Crippen molar-refractivity contribution in [2.24, 2.45) is 5.41 Å². The first kappa shape index (κ1) is 21.1. The molecule has 1 N–H and O–H groups in total. The van der Waals surface area contributed by atoms with E-state index in [9.17, 15) is 14.4 Å². The van der Waals surface area contributed by atoms with E-state index in [2.05, 4.69) is 10.2 Å². The van der Waals surface area contributed by atoms with Crippen molar-refractivity contribution in [2.75, 3.05) is 26.3 Å². The third-order valence-electron chi connectivity index (χ3n) is 8.34. The first-order chi connectivity index (χ1) is 16.0. The lowest BCUT2D eigenvalue weighted by atomic mass is 9.76. The number of rotatable bonds is 4. The maximum Gasteiger partial charge on any atom is 0.255 e. The molecule has 4 aliphatic heterocycles. The zero-order valence-electron chi connectivity index (χ0n) is 18.9. The molecular formula is C25H31N3O5. The SMILES string of the molecule is O=C1CCC(N2Cc3cc(O[C@H]4CCC[C@H]4N4CCC5(CC4)COC5)ccc3C2=O)C(=O)N1. The van der Waals surface area contributed by atoms with Gasteiger partial charge in [0.05, 0.1) is 13.2 Å². The van der Waals surface area contributed by atoms with E-state index in [1.54, 1.807) is 4.90 Å². The number of hydrogen-bond acceptors (Lipinski definition) is 6. The van der Waals surface area contributed by atoms with Crippen molar-refractivity contribution < 1.29 is 23.9 Å². The topological polar surface area (TPSA) is 88.2 Å². The lowest BCUT2D eigenvalue weighted by Gasteiger charge is -2.49. The van der Waals surface area contributed by atoms with Crippen LogP contribution in [0.4, 0.5) is 0 Å². The van der Waals surface area contributed by atoms with Crippen LogP contribution in [0.1, 0.15) is 60.9 Å². The number of nitrogens with zero attached hydrogens (tertiary/aromatic N) is 2. The molecule has 0 aromatic heterocycles. The number of likely N-dealkylation sites (tertiary alicyclic amines) is 1. The van der Waals surface area contributed by atoms with E-state index in [1.165, 1.54) is 25.7 Å². The van der Waals surface area contributed by atoms with Crippen LogP contribution in [0.15, 0.2) is 18.2 Å². The summed E-state index contributed by atoms with van der Waals surface area (Å²) in [5, 5.41) is 2.35. The van der Waals surface area contributed by atoms with Crippen LogP contribution < -0.4 is 10.1 Å². The summed E-state index contributed by atoms with van der Waals surface area (Å²) in [6, 6.07) is 5.53. The Kier molecular flexibility index (Phi) is 5.18. The van der Waals surface area contributed by atoms with Crippen molar-refractivity contribution in [3.63, 3.8) is 0 Å². The number of nitrogens with one attached hydrogen (secondary N) is 1. The van der Waals surface area contributed by atoms with Gasteiger partial charge in [0.15, 0.2) is 0 Å². The van der Waals surface area contributed by atoms with E-state index in [1.807, 2.05) is 18.2 Å². The number of carbonyl (C=O) groups is 3. The molecule has 5 aliphatic rings. The Labute approximate surface area is 193 Å². The van der Waals surface area contributed by atoms with Crippen LogP contribution >= 0.6 is 0 Å². The minimum atomic E-state index is -0.588. The standard InChI is InChI=1S/C25H31N3O5/c29-22-7-6-20(23(30)26-22)28-13-16-12-17(4-5-18(16)24(28)31)33-21-3-1-2-19(21)27-10-8-25(9-11-27)14-32-15-25/h4-5,12,19-21H,1-3,6-11,13-15H2,(H,26,29,30)/t19-,20?,21+/m1/s1. The minimum Gasteiger partial charge on any atom is -0.489 e. The molecule has 4 heterocycles. The molecule has 8 heteroatoms. The van der Waals surface area contributed by atoms with Gasteiger partial charge in [0.2, 0.25) is 11.8 Å². The molecule has 1 saturated carbocycles. The summed E-state index contributed by atoms with van der Waals surface area (Å²) in [5.74, 6) is -0.00183. The molecule has 6 rings (SSSR count). The molecule has 0 bridgehead atoms. The second kappa shape index (κ2) is 8.09. The van der Waals surface area contributed by atoms with Gasteiger partial charge >= 0.3 is 0 Å². The van der Waals surface area contributed by atoms with Crippen molar-refractivity contribution in [1.82, 2.24) is 15.1 Å². The van der Waals surface area contributed by atoms with Gasteiger partial charge in [0, 0.05) is 30.0 Å². The summed E-state index contributed by atoms with van der Waals surface area (Å²) in [6.45, 7) is 4.47. The predicted molar refractivity (Wildman–Crippen MR) is 119 cm³/mol. The van der Waals surface area contributed by atoms with Gasteiger partial charge in [-0.3, -0.25) is 24.6 Å². The first-order valence-electron chi connectivity index (χ1n) is 12.3. The second-order valence-electron chi connectivity index (χ2n) is 10.4. The number of hydrogen-bond donors (Lipinski definition) is 1. The van der Waals surface area contributed by atoms with Crippen LogP contribution in [0.25, 0.3) is 0 Å². The number of piperidine rings is 2. The first-order valence-corrected chi connectivity index (χ1v) is 12.3. The number of imide groups is 1. The van der Waals surface area contributed by atoms with Crippen LogP contribution in [-0.4, -0.2) is 72.0 Å². The van der Waals surface area contributed by atoms with Gasteiger partial charge in [-0.15, -0.1) is 0 Å². The normalized spacial score (nSPS) is 31.5. The molecule has 1 spiro atoms. The molecule has 1 aromatic rings. The van der Waals surface area contributed by atoms with Crippen LogP contribution in [-0.2, 0) is 20.9 Å². The smallest absolute Gasteiger partial charge is 0.255 e. The van der Waals surface area contributed by atoms with Gasteiger partial charge in [-0.25, -0.2) is 0 Å². The van der Waals surface area contributed by atoms with Gasteiger partial charge in [-0.05, 0) is 75.4 Å². The molecule has 1 aromatic carbocycles. The molecule has 0 radical (unpaired) electrons. The fraction of sp³-hybridized carbons (Fsp3) is 0.640. The highest BCUT2D eigenvalue weighted by Crippen LogP contribution is 2.41. The maximum atomic E-state index is 12.9. The van der Waals surface area contributed by atoms with Crippen LogP contribution in [0.5, 0.6) is 5.75 Å². The Bertz CT molecular complexity index is 980. The fourth-order valence-corrected chi connectivity index (χ4v) is 6.27. The van der Waals surface area contributed by atoms with E-state index in [-0.39, 0.29) is 30.2 Å². The largest absolute Gasteiger partial charge is 0.489 e. The number of amides is 3. The summed E-state index contributed by atoms with van der Waals surface area (Å²) in [4.78, 5) is 40.9. The van der Waals surface area contributed by atoms with E-state index < -0.39 is 6.04 Å². The Morgan fingerprint density at radius 3 is 2.61 bits per heavy atom. The van der Waals surface area contributed by atoms with Crippen LogP contribution in [0, 0.1) is 5.41 Å². The van der Waals surface area contributed by atoms with E-state index in [0.717, 1.165) is 44.0 Å². The third kappa shape index (κ3) is 3.73. The number of ether oxygens (including phenoxy) is 2. The summed E-state index contributed by atoms with van der Waals surface area (Å²) in [6.07, 6.45) is 6.62. The average Bonchev–Trinajstić information content (AvgIpc) is 3.37. The molecule has 176 valence electrons. The zero-order chi connectivity index (χ0) is 22.6. The fourth-order valence-electron chi connectivity index (χ4n) is 6.27. The molecule has 3 saturated heterocycles. The van der Waals surface area contributed by atoms with E-state index in [0.29, 0.717) is 30.0 Å². The minimum absolute atomic E-state index is 0.146. The Morgan fingerprint density at radius 2 is 1.88 bits per heavy atom. The van der Waals surface area contributed by atoms with Crippen molar-refractivity contribution in [2.45, 2.75) is 69.7 Å². The number of fused-ring (bicyclic) bond motifs is 1. The predicted octanol–water partition coefficient (Wildman–Crippen LogP) is 1.86. The molecule has 4 fully saturated rings. The van der Waals surface area contributed by atoms with Gasteiger partial charge in [0.1, 0.15) is 17.9 Å². The van der Waals surface area contributed by atoms with Crippen LogP contribution in [0.3, 0.4) is 0 Å². The van der Waals surface area contributed by atoms with Crippen LogP contribution in [0.2, 0.25) is 0 Å². The maximum absolute atomic E-state index is 12.9. The molecule has 8 nitrogen and oxygen atoms in total. The molecule has 3 atom stereocenters. The van der Waals surface area contributed by atoms with Crippen molar-refractivity contribution >= 4 is 17.7 Å². The second-order valence-corrected chi connectivity index (χ2v) is 10.4. The summed E-state index contributed by atoms with van der Waals surface area (Å²) in [5.41, 5.74) is 1.95. The van der Waals surface area contributed by atoms with Gasteiger partial charge in [-0.2, -0.15) is 0 Å². The summed E-state index contributed by atoms with van der Waals surface area (Å²) < 4.78 is 12.0. The van der Waals surface area contributed by atoms with E-state index in [4.69, 9.17) is 9.47 Å². The molecule has 33 heavy (non-hydrogen) atoms. The molecule has 1 aliphatic carbocycles. The zero-order valence-corrected chi connectivity index (χ0v) is 18.9. The molecule has 1 unspecified atom stereocenters. The third-order valence-corrected chi connectivity index (χ3v) is 8.34. The van der Waals surface area contributed by atoms with Gasteiger partial charge < -0.3 is 14.4 Å². The summed E-state index contributed by atoms with van der Waals surface area (Å²) >= 11 is 0. The quantitative estimate of drug-likeness (QED) is 0.701. The Hall–Kier alpha value is -2.45. The lowest BCUT2D eigenvalue weighted by molar-refractivity contribution is -0.144. The molecular weight excluding hydrogens is 422 g/mol. The average molecular weight is 454 g/mol. The lowest BCUT2D eigenvalue weighted by Crippen LogP contribution is -2.54. The van der Waals surface area contributed by atoms with E-state index >= 15 is 0 Å². The summed E-state index contributed by atoms with van der Waals surface area (Å²) in [7, 11) is 0. The Balaban J connectivity index is 1.12. The van der Waals surface area contributed by atoms with Crippen molar-refractivity contribution in [1.29, 1.82) is 0 Å². The van der Waals surface area contributed by atoms with Crippen molar-refractivity contribution in [3.8, 4) is 5.75 Å².